The van der Waals surface area contributed by atoms with Crippen LogP contribution in [-0.2, 0) is 20.7 Å². The van der Waals surface area contributed by atoms with Crippen molar-refractivity contribution in [3.8, 4) is 5.88 Å². The fourth-order valence-corrected chi connectivity index (χ4v) is 4.16. The van der Waals surface area contributed by atoms with Gasteiger partial charge in [0.2, 0.25) is 17.7 Å². The molecule has 31 heavy (non-hydrogen) atoms. The van der Waals surface area contributed by atoms with Gasteiger partial charge >= 0.3 is 5.97 Å². The summed E-state index contributed by atoms with van der Waals surface area (Å²) >= 11 is 0.924. The minimum Gasteiger partial charge on any atom is -0.493 e. The molecule has 1 aliphatic heterocycles. The molecule has 0 spiro atoms. The number of aromatic hydroxyl groups is 1. The molecule has 3 rings (SSSR count). The maximum absolute atomic E-state index is 12.8. The first-order valence-electron chi connectivity index (χ1n) is 9.98. The van der Waals surface area contributed by atoms with Gasteiger partial charge in [0.1, 0.15) is 5.25 Å². The van der Waals surface area contributed by atoms with Gasteiger partial charge in [-0.3, -0.25) is 14.4 Å². The Labute approximate surface area is 182 Å². The molecule has 0 bridgehead atoms. The highest BCUT2D eigenvalue weighted by molar-refractivity contribution is 8.00. The predicted molar refractivity (Wildman–Crippen MR) is 114 cm³/mol. The second-order valence-electron chi connectivity index (χ2n) is 6.92. The highest BCUT2D eigenvalue weighted by Crippen LogP contribution is 2.33. The Balaban J connectivity index is 1.75. The van der Waals surface area contributed by atoms with Gasteiger partial charge in [0.15, 0.2) is 5.16 Å². The van der Waals surface area contributed by atoms with Gasteiger partial charge in [0.25, 0.3) is 5.56 Å². The van der Waals surface area contributed by atoms with Crippen LogP contribution in [0.1, 0.15) is 49.0 Å². The number of aromatic nitrogens is 2. The van der Waals surface area contributed by atoms with Crippen molar-refractivity contribution in [1.29, 1.82) is 0 Å². The third-order valence-electron chi connectivity index (χ3n) is 4.75. The summed E-state index contributed by atoms with van der Waals surface area (Å²) in [6, 6.07) is 5.98. The normalized spacial score (nSPS) is 16.1. The fourth-order valence-electron chi connectivity index (χ4n) is 3.16. The van der Waals surface area contributed by atoms with Crippen molar-refractivity contribution in [3.63, 3.8) is 0 Å². The second-order valence-corrected chi connectivity index (χ2v) is 8.11. The molecule has 2 heterocycles. The number of unbranched alkanes of at least 4 members (excludes halogenated alkanes) is 1. The number of carbonyl (C=O) groups excluding carboxylic acids is 3. The van der Waals surface area contributed by atoms with Gasteiger partial charge in [-0.25, -0.2) is 9.69 Å². The lowest BCUT2D eigenvalue weighted by Gasteiger charge is -2.15. The molecular formula is C21H23N3O6S. The highest BCUT2D eigenvalue weighted by atomic mass is 32.2. The van der Waals surface area contributed by atoms with E-state index >= 15 is 0 Å². The number of anilines is 1. The number of esters is 1. The standard InChI is InChI=1S/C21H23N3O6S/c1-3-5-6-14-17(26)22-21(23-18(14)27)31-15-11-16(25)24(19(15)28)13-9-7-12(8-10-13)20(29)30-4-2/h7-10,15H,3-6,11H2,1-2H3,(H2,22,23,26,27)/t15-/m1/s1. The molecule has 9 nitrogen and oxygen atoms in total. The van der Waals surface area contributed by atoms with E-state index in [-0.39, 0.29) is 29.6 Å². The summed E-state index contributed by atoms with van der Waals surface area (Å²) in [5, 5.41) is 9.37. The summed E-state index contributed by atoms with van der Waals surface area (Å²) in [6.07, 6.45) is 1.94. The van der Waals surface area contributed by atoms with Crippen LogP contribution in [0.25, 0.3) is 0 Å². The summed E-state index contributed by atoms with van der Waals surface area (Å²) in [5.74, 6) is -1.71. The second kappa shape index (κ2) is 9.78. The lowest BCUT2D eigenvalue weighted by molar-refractivity contribution is -0.121. The van der Waals surface area contributed by atoms with Crippen molar-refractivity contribution in [2.45, 2.75) is 49.9 Å². The third kappa shape index (κ3) is 4.96. The largest absolute Gasteiger partial charge is 0.493 e. The average Bonchev–Trinajstić information content (AvgIpc) is 3.00. The van der Waals surface area contributed by atoms with E-state index in [0.29, 0.717) is 17.7 Å². The first-order valence-corrected chi connectivity index (χ1v) is 10.9. The number of carbonyl (C=O) groups is 3. The van der Waals surface area contributed by atoms with Crippen molar-refractivity contribution in [2.24, 2.45) is 0 Å². The fraction of sp³-hybridized carbons (Fsp3) is 0.381. The zero-order valence-electron chi connectivity index (χ0n) is 17.2. The van der Waals surface area contributed by atoms with Crippen molar-refractivity contribution >= 4 is 35.2 Å². The quantitative estimate of drug-likeness (QED) is 0.360. The molecule has 0 saturated carbocycles. The van der Waals surface area contributed by atoms with Crippen LogP contribution in [0.5, 0.6) is 5.88 Å². The number of nitrogens with zero attached hydrogens (tertiary/aromatic N) is 2. The molecule has 2 aromatic rings. The van der Waals surface area contributed by atoms with Gasteiger partial charge in [0, 0.05) is 6.42 Å². The summed E-state index contributed by atoms with van der Waals surface area (Å²) in [6.45, 7) is 3.92. The lowest BCUT2D eigenvalue weighted by Crippen LogP contribution is -2.31. The van der Waals surface area contributed by atoms with Crippen molar-refractivity contribution in [1.82, 2.24) is 9.97 Å². The van der Waals surface area contributed by atoms with Gasteiger partial charge in [-0.1, -0.05) is 25.1 Å². The average molecular weight is 445 g/mol. The first-order chi connectivity index (χ1) is 14.8. The zero-order valence-corrected chi connectivity index (χ0v) is 18.0. The number of nitrogens with one attached hydrogen (secondary N) is 1. The lowest BCUT2D eigenvalue weighted by atomic mass is 10.1. The molecule has 1 saturated heterocycles. The van der Waals surface area contributed by atoms with E-state index in [0.717, 1.165) is 29.5 Å². The molecule has 2 amide bonds. The molecule has 1 aromatic carbocycles. The van der Waals surface area contributed by atoms with E-state index in [1.54, 1.807) is 6.92 Å². The zero-order chi connectivity index (χ0) is 22.5. The van der Waals surface area contributed by atoms with E-state index in [9.17, 15) is 24.3 Å². The first kappa shape index (κ1) is 22.5. The Hall–Kier alpha value is -3.14. The Morgan fingerprint density at radius 3 is 2.58 bits per heavy atom. The van der Waals surface area contributed by atoms with Crippen LogP contribution >= 0.6 is 11.8 Å². The molecule has 10 heteroatoms. The van der Waals surface area contributed by atoms with E-state index in [1.165, 1.54) is 24.3 Å². The third-order valence-corrected chi connectivity index (χ3v) is 5.82. The van der Waals surface area contributed by atoms with E-state index in [1.807, 2.05) is 6.92 Å². The van der Waals surface area contributed by atoms with Crippen LogP contribution in [-0.4, -0.2) is 44.7 Å². The Morgan fingerprint density at radius 1 is 1.26 bits per heavy atom. The molecule has 2 N–H and O–H groups in total. The summed E-state index contributed by atoms with van der Waals surface area (Å²) < 4.78 is 4.92. The smallest absolute Gasteiger partial charge is 0.338 e. The number of hydrogen-bond donors (Lipinski definition) is 2. The van der Waals surface area contributed by atoms with E-state index in [4.69, 9.17) is 4.74 Å². The molecule has 0 unspecified atom stereocenters. The van der Waals surface area contributed by atoms with Gasteiger partial charge < -0.3 is 14.8 Å². The molecule has 1 aliphatic rings. The number of hydrogen-bond acceptors (Lipinski definition) is 8. The monoisotopic (exact) mass is 445 g/mol. The maximum Gasteiger partial charge on any atom is 0.338 e. The van der Waals surface area contributed by atoms with Crippen LogP contribution < -0.4 is 10.5 Å². The Kier molecular flexibility index (Phi) is 7.11. The topological polar surface area (TPSA) is 130 Å². The minimum atomic E-state index is -0.790. The molecule has 1 aromatic heterocycles. The van der Waals surface area contributed by atoms with Crippen LogP contribution in [0, 0.1) is 0 Å². The van der Waals surface area contributed by atoms with Crippen molar-refractivity contribution in [3.05, 3.63) is 45.7 Å². The summed E-state index contributed by atoms with van der Waals surface area (Å²) in [7, 11) is 0. The number of ether oxygens (including phenoxy) is 1. The van der Waals surface area contributed by atoms with E-state index in [2.05, 4.69) is 9.97 Å². The number of H-pyrrole nitrogens is 1. The van der Waals surface area contributed by atoms with Crippen molar-refractivity contribution in [2.75, 3.05) is 11.5 Å². The molecular weight excluding hydrogens is 422 g/mol. The van der Waals surface area contributed by atoms with Crippen LogP contribution in [0.2, 0.25) is 0 Å². The highest BCUT2D eigenvalue weighted by Gasteiger charge is 2.40. The number of aromatic amines is 1. The molecule has 0 aliphatic carbocycles. The van der Waals surface area contributed by atoms with Gasteiger partial charge in [-0.2, -0.15) is 4.98 Å². The van der Waals surface area contributed by atoms with Gasteiger partial charge in [-0.15, -0.1) is 0 Å². The number of rotatable bonds is 8. The number of imide groups is 1. The summed E-state index contributed by atoms with van der Waals surface area (Å²) in [5.41, 5.74) is 0.413. The molecule has 0 radical (unpaired) electrons. The minimum absolute atomic E-state index is 0.0772. The number of amides is 2. The SMILES string of the molecule is CCCCc1c(O)nc(S[C@@H]2CC(=O)N(c3ccc(C(=O)OCC)cc3)C2=O)[nH]c1=O. The van der Waals surface area contributed by atoms with Gasteiger partial charge in [-0.05, 0) is 44.0 Å². The maximum atomic E-state index is 12.8. The Bertz CT molecular complexity index is 1050. The summed E-state index contributed by atoms with van der Waals surface area (Å²) in [4.78, 5) is 56.9. The molecule has 164 valence electrons. The molecule has 1 atom stereocenters. The number of thioether (sulfide) groups is 1. The van der Waals surface area contributed by atoms with Crippen molar-refractivity contribution < 1.29 is 24.2 Å². The predicted octanol–water partition coefficient (Wildman–Crippen LogP) is 2.42. The van der Waals surface area contributed by atoms with Crippen LogP contribution in [0.4, 0.5) is 5.69 Å². The van der Waals surface area contributed by atoms with Gasteiger partial charge in [0.05, 0.1) is 23.4 Å². The number of benzene rings is 1. The van der Waals surface area contributed by atoms with Crippen LogP contribution in [0.3, 0.4) is 0 Å². The Morgan fingerprint density at radius 2 is 1.97 bits per heavy atom. The van der Waals surface area contributed by atoms with E-state index < -0.39 is 28.6 Å². The molecule has 1 fully saturated rings. The van der Waals surface area contributed by atoms with Crippen LogP contribution in [0.15, 0.2) is 34.2 Å².